The summed E-state index contributed by atoms with van der Waals surface area (Å²) < 4.78 is 48.9. The fraction of sp³-hybridized carbons (Fsp3) is 0.480. The topological polar surface area (TPSA) is 67.0 Å². The highest BCUT2D eigenvalue weighted by molar-refractivity contribution is 5.84. The molecule has 4 rings (SSSR count). The van der Waals surface area contributed by atoms with E-state index in [1.165, 1.54) is 38.2 Å². The van der Waals surface area contributed by atoms with Crippen molar-refractivity contribution >= 4 is 11.0 Å². The predicted octanol–water partition coefficient (Wildman–Crippen LogP) is 5.56. The quantitative estimate of drug-likeness (QED) is 0.422. The van der Waals surface area contributed by atoms with Crippen molar-refractivity contribution in [1.82, 2.24) is 19.4 Å². The molecule has 1 aliphatic rings. The molecule has 1 aromatic carbocycles. The van der Waals surface area contributed by atoms with Crippen molar-refractivity contribution in [2.24, 2.45) is 7.05 Å². The van der Waals surface area contributed by atoms with Gasteiger partial charge in [0.15, 0.2) is 5.69 Å². The molecule has 2 heterocycles. The summed E-state index contributed by atoms with van der Waals surface area (Å²) >= 11 is 0. The Balaban J connectivity index is 1.51. The average molecular weight is 472 g/mol. The number of aryl methyl sites for hydroxylation is 1. The second-order valence-electron chi connectivity index (χ2n) is 8.87. The largest absolute Gasteiger partial charge is 0.493 e. The monoisotopic (exact) mass is 471 g/mol. The van der Waals surface area contributed by atoms with Crippen molar-refractivity contribution in [3.05, 3.63) is 41.9 Å². The Kier molecular flexibility index (Phi) is 7.08. The number of benzene rings is 1. The Morgan fingerprint density at radius 3 is 2.68 bits per heavy atom. The number of nitriles is 1. The summed E-state index contributed by atoms with van der Waals surface area (Å²) in [5.74, 6) is -0.196. The van der Waals surface area contributed by atoms with Crippen LogP contribution in [0.4, 0.5) is 13.2 Å². The molecular weight excluding hydrogens is 443 g/mol. The molecule has 1 aliphatic carbocycles. The Labute approximate surface area is 197 Å². The highest BCUT2D eigenvalue weighted by Gasteiger charge is 2.35. The Morgan fingerprint density at radius 1 is 1.21 bits per heavy atom. The van der Waals surface area contributed by atoms with Gasteiger partial charge in [-0.2, -0.15) is 18.4 Å². The lowest BCUT2D eigenvalue weighted by Gasteiger charge is -2.31. The Bertz CT molecular complexity index is 1190. The third kappa shape index (κ3) is 5.17. The first kappa shape index (κ1) is 24.0. The molecule has 0 spiro atoms. The molecule has 180 valence electrons. The number of fused-ring (bicyclic) bond motifs is 1. The van der Waals surface area contributed by atoms with Gasteiger partial charge in [-0.1, -0.05) is 19.3 Å². The Hall–Kier alpha value is -3.12. The van der Waals surface area contributed by atoms with Gasteiger partial charge < -0.3 is 14.2 Å². The van der Waals surface area contributed by atoms with E-state index in [0.717, 1.165) is 12.6 Å². The van der Waals surface area contributed by atoms with Gasteiger partial charge in [-0.3, -0.25) is 0 Å². The van der Waals surface area contributed by atoms with E-state index in [1.54, 1.807) is 30.1 Å². The second-order valence-corrected chi connectivity index (χ2v) is 8.87. The average Bonchev–Trinajstić information content (AvgIpc) is 3.21. The van der Waals surface area contributed by atoms with E-state index in [0.29, 0.717) is 23.5 Å². The fourth-order valence-corrected chi connectivity index (χ4v) is 4.59. The second kappa shape index (κ2) is 10.0. The van der Waals surface area contributed by atoms with Crippen molar-refractivity contribution in [1.29, 1.82) is 5.26 Å². The molecule has 0 aliphatic heterocycles. The third-order valence-corrected chi connectivity index (χ3v) is 6.51. The number of imidazole rings is 1. The minimum atomic E-state index is -4.58. The van der Waals surface area contributed by atoms with E-state index in [4.69, 9.17) is 4.74 Å². The fourth-order valence-electron chi connectivity index (χ4n) is 4.59. The molecule has 34 heavy (non-hydrogen) atoms. The number of alkyl halides is 3. The van der Waals surface area contributed by atoms with Crippen LogP contribution in [0.1, 0.15) is 49.8 Å². The van der Waals surface area contributed by atoms with Crippen LogP contribution in [0.25, 0.3) is 22.3 Å². The normalized spacial score (nSPS) is 15.1. The minimum Gasteiger partial charge on any atom is -0.493 e. The van der Waals surface area contributed by atoms with Crippen LogP contribution < -0.4 is 4.74 Å². The maximum Gasteiger partial charge on any atom is 0.419 e. The molecule has 0 N–H and O–H groups in total. The van der Waals surface area contributed by atoms with Gasteiger partial charge >= 0.3 is 6.18 Å². The maximum atomic E-state index is 13.9. The van der Waals surface area contributed by atoms with Crippen molar-refractivity contribution in [3.8, 4) is 23.1 Å². The summed E-state index contributed by atoms with van der Waals surface area (Å²) in [7, 11) is 3.83. The zero-order valence-corrected chi connectivity index (χ0v) is 19.4. The number of hydrogen-bond acceptors (Lipinski definition) is 5. The van der Waals surface area contributed by atoms with E-state index in [9.17, 15) is 18.4 Å². The van der Waals surface area contributed by atoms with Crippen LogP contribution in [0, 0.1) is 11.3 Å². The lowest BCUT2D eigenvalue weighted by molar-refractivity contribution is -0.138. The van der Waals surface area contributed by atoms with Gasteiger partial charge in [0.1, 0.15) is 17.3 Å². The van der Waals surface area contributed by atoms with Gasteiger partial charge in [0.2, 0.25) is 0 Å². The van der Waals surface area contributed by atoms with Gasteiger partial charge in [-0.05, 0) is 50.6 Å². The number of nitrogens with zero attached hydrogens (tertiary/aromatic N) is 5. The van der Waals surface area contributed by atoms with Crippen LogP contribution in [0.5, 0.6) is 5.75 Å². The van der Waals surface area contributed by atoms with E-state index in [2.05, 4.69) is 21.9 Å². The maximum absolute atomic E-state index is 13.9. The first-order valence-corrected chi connectivity index (χ1v) is 11.5. The SMILES string of the molecule is CN(CCCOc1ccc(-c2cc3c(ncn3C)c(C#N)n2)cc1C(F)(F)F)C1CCCCC1. The van der Waals surface area contributed by atoms with Crippen LogP contribution in [-0.4, -0.2) is 45.7 Å². The zero-order chi connectivity index (χ0) is 24.3. The first-order chi connectivity index (χ1) is 16.3. The summed E-state index contributed by atoms with van der Waals surface area (Å²) in [6, 6.07) is 8.10. The third-order valence-electron chi connectivity index (χ3n) is 6.51. The molecule has 0 bridgehead atoms. The van der Waals surface area contributed by atoms with Crippen molar-refractivity contribution in [2.75, 3.05) is 20.2 Å². The van der Waals surface area contributed by atoms with E-state index < -0.39 is 11.7 Å². The van der Waals surface area contributed by atoms with E-state index in [-0.39, 0.29) is 29.3 Å². The number of rotatable bonds is 7. The summed E-state index contributed by atoms with van der Waals surface area (Å²) in [5, 5.41) is 9.42. The van der Waals surface area contributed by atoms with Crippen LogP contribution in [0.15, 0.2) is 30.6 Å². The van der Waals surface area contributed by atoms with Crippen LogP contribution in [0.2, 0.25) is 0 Å². The molecule has 0 saturated heterocycles. The molecule has 3 aromatic rings. The zero-order valence-electron chi connectivity index (χ0n) is 19.4. The lowest BCUT2D eigenvalue weighted by atomic mass is 9.94. The molecule has 0 radical (unpaired) electrons. The molecule has 1 fully saturated rings. The number of pyridine rings is 1. The van der Waals surface area contributed by atoms with E-state index >= 15 is 0 Å². The van der Waals surface area contributed by atoms with Crippen molar-refractivity contribution in [2.45, 2.75) is 50.7 Å². The number of hydrogen-bond donors (Lipinski definition) is 0. The van der Waals surface area contributed by atoms with Gasteiger partial charge in [0.05, 0.1) is 29.7 Å². The highest BCUT2D eigenvalue weighted by atomic mass is 19.4. The molecule has 0 amide bonds. The highest BCUT2D eigenvalue weighted by Crippen LogP contribution is 2.39. The van der Waals surface area contributed by atoms with Crippen LogP contribution in [0.3, 0.4) is 0 Å². The molecule has 1 saturated carbocycles. The van der Waals surface area contributed by atoms with Gasteiger partial charge in [-0.25, -0.2) is 9.97 Å². The summed E-state index contributed by atoms with van der Waals surface area (Å²) in [4.78, 5) is 10.7. The smallest absolute Gasteiger partial charge is 0.419 e. The van der Waals surface area contributed by atoms with Gasteiger partial charge in [-0.15, -0.1) is 0 Å². The molecule has 0 unspecified atom stereocenters. The van der Waals surface area contributed by atoms with Crippen LogP contribution in [-0.2, 0) is 13.2 Å². The molecule has 2 aromatic heterocycles. The molecular formula is C25H28F3N5O. The summed E-state index contributed by atoms with van der Waals surface area (Å²) in [6.07, 6.45) is 3.74. The standard InChI is InChI=1S/C25H28F3N5O/c1-32(18-7-4-3-5-8-18)11-6-12-34-23-10-9-17(13-19(23)25(26,27)28)20-14-22-24(21(15-29)31-20)30-16-33(22)2/h9-10,13-14,16,18H,3-8,11-12H2,1-2H3. The first-order valence-electron chi connectivity index (χ1n) is 11.5. The Morgan fingerprint density at radius 2 is 1.97 bits per heavy atom. The molecule has 0 atom stereocenters. The van der Waals surface area contributed by atoms with Crippen molar-refractivity contribution < 1.29 is 17.9 Å². The van der Waals surface area contributed by atoms with Crippen molar-refractivity contribution in [3.63, 3.8) is 0 Å². The predicted molar refractivity (Wildman–Crippen MR) is 123 cm³/mol. The van der Waals surface area contributed by atoms with Gasteiger partial charge in [0, 0.05) is 25.2 Å². The molecule has 6 nitrogen and oxygen atoms in total. The number of halogens is 3. The summed E-state index contributed by atoms with van der Waals surface area (Å²) in [5.41, 5.74) is 0.802. The van der Waals surface area contributed by atoms with E-state index in [1.807, 2.05) is 6.07 Å². The number of aromatic nitrogens is 3. The summed E-state index contributed by atoms with van der Waals surface area (Å²) in [6.45, 7) is 0.993. The number of ether oxygens (including phenoxy) is 1. The van der Waals surface area contributed by atoms with Crippen LogP contribution >= 0.6 is 0 Å². The molecule has 9 heteroatoms. The lowest BCUT2D eigenvalue weighted by Crippen LogP contribution is -2.34. The van der Waals surface area contributed by atoms with Gasteiger partial charge in [0.25, 0.3) is 0 Å². The minimum absolute atomic E-state index is 0.0732.